The molecular weight excluding hydrogens is 517 g/mol. The zero-order chi connectivity index (χ0) is 21.9. The molecule has 31 heavy (non-hydrogen) atoms. The number of esters is 1. The van der Waals surface area contributed by atoms with Crippen molar-refractivity contribution < 1.29 is 33.2 Å². The molecule has 1 aliphatic carbocycles. The minimum Gasteiger partial charge on any atom is -0.496 e. The fourth-order valence-corrected chi connectivity index (χ4v) is 6.73. The Bertz CT molecular complexity index is 1010. The number of halogens is 1. The van der Waals surface area contributed by atoms with Crippen LogP contribution in [0.1, 0.15) is 17.2 Å². The van der Waals surface area contributed by atoms with E-state index in [2.05, 4.69) is 27.5 Å². The molecule has 4 atom stereocenters. The van der Waals surface area contributed by atoms with E-state index >= 15 is 0 Å². The van der Waals surface area contributed by atoms with Gasteiger partial charge in [-0.3, -0.25) is 9.69 Å². The van der Waals surface area contributed by atoms with Crippen LogP contribution >= 0.6 is 22.6 Å². The van der Waals surface area contributed by atoms with Gasteiger partial charge in [0.2, 0.25) is 12.5 Å². The number of benzene rings is 1. The smallest absolute Gasteiger partial charge is 0.319 e. The van der Waals surface area contributed by atoms with Crippen molar-refractivity contribution in [3.8, 4) is 17.2 Å². The molecule has 5 rings (SSSR count). The van der Waals surface area contributed by atoms with Gasteiger partial charge in [-0.15, -0.1) is 0 Å². The summed E-state index contributed by atoms with van der Waals surface area (Å²) in [5, 5.41) is 0. The van der Waals surface area contributed by atoms with Crippen molar-refractivity contribution in [2.75, 3.05) is 41.7 Å². The van der Waals surface area contributed by atoms with Gasteiger partial charge in [-0.25, -0.2) is 0 Å². The highest BCUT2D eigenvalue weighted by atomic mass is 127. The molecule has 0 spiro atoms. The topological polar surface area (TPSA) is 75.7 Å². The summed E-state index contributed by atoms with van der Waals surface area (Å²) in [7, 11) is 6.79. The molecule has 1 fully saturated rings. The first-order valence-corrected chi connectivity index (χ1v) is 11.1. The maximum absolute atomic E-state index is 13.1. The van der Waals surface area contributed by atoms with E-state index in [-0.39, 0.29) is 24.7 Å². The summed E-state index contributed by atoms with van der Waals surface area (Å²) >= 11 is 2.29. The molecule has 1 aromatic rings. The zero-order valence-corrected chi connectivity index (χ0v) is 19.9. The summed E-state index contributed by atoms with van der Waals surface area (Å²) < 4.78 is 33.5. The Labute approximate surface area is 194 Å². The first-order chi connectivity index (χ1) is 14.9. The van der Waals surface area contributed by atoms with Crippen LogP contribution in [-0.2, 0) is 25.4 Å². The summed E-state index contributed by atoms with van der Waals surface area (Å²) in [5.41, 5.74) is 2.08. The second-order valence-electron chi connectivity index (χ2n) is 7.97. The van der Waals surface area contributed by atoms with Crippen molar-refractivity contribution in [3.05, 3.63) is 40.9 Å². The van der Waals surface area contributed by atoms with Gasteiger partial charge in [-0.05, 0) is 53.8 Å². The Morgan fingerprint density at radius 2 is 2.00 bits per heavy atom. The van der Waals surface area contributed by atoms with Crippen LogP contribution in [0.5, 0.6) is 17.2 Å². The first kappa shape index (κ1) is 20.7. The van der Waals surface area contributed by atoms with Gasteiger partial charge in [-0.1, -0.05) is 6.08 Å². The lowest BCUT2D eigenvalue weighted by Crippen LogP contribution is -2.48. The second-order valence-corrected chi connectivity index (χ2v) is 9.65. The van der Waals surface area contributed by atoms with Crippen LogP contribution in [0.25, 0.3) is 0 Å². The van der Waals surface area contributed by atoms with Crippen LogP contribution in [0.4, 0.5) is 0 Å². The fraction of sp³-hybridized carbons (Fsp3) is 0.500. The molecule has 0 N–H and O–H groups in total. The monoisotopic (exact) mass is 541 g/mol. The molecule has 2 unspecified atom stereocenters. The molecule has 8 nitrogen and oxygen atoms in total. The minimum atomic E-state index is -0.885. The Morgan fingerprint density at radius 1 is 1.19 bits per heavy atom. The van der Waals surface area contributed by atoms with E-state index in [1.54, 1.807) is 21.3 Å². The molecule has 1 aromatic carbocycles. The van der Waals surface area contributed by atoms with E-state index in [0.717, 1.165) is 24.1 Å². The number of cyclic esters (lactones) is 1. The Balaban J connectivity index is 1.66. The predicted molar refractivity (Wildman–Crippen MR) is 118 cm³/mol. The van der Waals surface area contributed by atoms with Gasteiger partial charge >= 0.3 is 5.97 Å². The van der Waals surface area contributed by atoms with Crippen molar-refractivity contribution in [2.45, 2.75) is 16.1 Å². The lowest BCUT2D eigenvalue weighted by molar-refractivity contribution is -0.147. The molecule has 166 valence electrons. The van der Waals surface area contributed by atoms with E-state index in [1.165, 1.54) is 0 Å². The third kappa shape index (κ3) is 2.85. The van der Waals surface area contributed by atoms with Crippen molar-refractivity contribution >= 4 is 28.6 Å². The van der Waals surface area contributed by atoms with Gasteiger partial charge < -0.3 is 28.4 Å². The largest absolute Gasteiger partial charge is 0.496 e. The molecule has 3 aliphatic heterocycles. The second kappa shape index (κ2) is 7.47. The van der Waals surface area contributed by atoms with E-state index in [4.69, 9.17) is 28.4 Å². The van der Waals surface area contributed by atoms with Crippen LogP contribution in [0.2, 0.25) is 0 Å². The van der Waals surface area contributed by atoms with E-state index in [9.17, 15) is 4.79 Å². The van der Waals surface area contributed by atoms with E-state index < -0.39 is 9.53 Å². The van der Waals surface area contributed by atoms with Gasteiger partial charge in [0.15, 0.2) is 26.6 Å². The van der Waals surface area contributed by atoms with Gasteiger partial charge in [0.1, 0.15) is 5.92 Å². The number of carbonyl (C=O) groups excluding carboxylic acids is 1. The molecule has 3 heterocycles. The van der Waals surface area contributed by atoms with Crippen LogP contribution in [-0.4, -0.2) is 56.2 Å². The number of allylic oxidation sites excluding steroid dienone is 1. The number of hydrogen-bond donors (Lipinski definition) is 0. The number of methoxy groups -OCH3 is 3. The molecular formula is C22H24INO7. The Morgan fingerprint density at radius 3 is 2.71 bits per heavy atom. The Hall–Kier alpha value is -2.14. The van der Waals surface area contributed by atoms with Gasteiger partial charge in [0.25, 0.3) is 0 Å². The standard InChI is InChI=1S/C22H24INO7/c1-24-8-7-11-9-14-18(30-10-29-14)19(28-4)15(11)20(24)22(23)12-5-6-13(26-2)17(27-3)16(12)21(25)31-22/h5-6,9,12,16,20H,7-8,10H2,1-4H3/t12?,16?,20-,22+/m1/s1. The molecule has 4 aliphatic rings. The number of hydrogen-bond acceptors (Lipinski definition) is 8. The van der Waals surface area contributed by atoms with Crippen LogP contribution in [0.15, 0.2) is 29.7 Å². The summed E-state index contributed by atoms with van der Waals surface area (Å²) in [6.07, 6.45) is 4.68. The summed E-state index contributed by atoms with van der Waals surface area (Å²) in [6, 6.07) is 1.77. The maximum Gasteiger partial charge on any atom is 0.319 e. The molecule has 0 radical (unpaired) electrons. The average Bonchev–Trinajstić information content (AvgIpc) is 3.33. The van der Waals surface area contributed by atoms with Crippen molar-refractivity contribution in [2.24, 2.45) is 11.8 Å². The number of fused-ring (bicyclic) bond motifs is 3. The van der Waals surface area contributed by atoms with Gasteiger partial charge in [-0.2, -0.15) is 0 Å². The highest BCUT2D eigenvalue weighted by molar-refractivity contribution is 14.1. The number of ether oxygens (including phenoxy) is 6. The quantitative estimate of drug-likeness (QED) is 0.328. The average molecular weight is 541 g/mol. The van der Waals surface area contributed by atoms with Gasteiger partial charge in [0.05, 0.1) is 27.4 Å². The SMILES string of the molecule is COC1=C(OC)C2C(=O)O[C@](I)([C@H]3c4c(cc5c(c4OC)OCO5)CCN3C)C2C=C1. The number of nitrogens with zero attached hydrogens (tertiary/aromatic N) is 1. The summed E-state index contributed by atoms with van der Waals surface area (Å²) in [5.74, 6) is 1.82. The minimum absolute atomic E-state index is 0.161. The van der Waals surface area contributed by atoms with Crippen molar-refractivity contribution in [3.63, 3.8) is 0 Å². The highest BCUT2D eigenvalue weighted by Gasteiger charge is 2.62. The zero-order valence-electron chi connectivity index (χ0n) is 17.8. The highest BCUT2D eigenvalue weighted by Crippen LogP contribution is 2.60. The summed E-state index contributed by atoms with van der Waals surface area (Å²) in [6.45, 7) is 0.967. The Kier molecular flexibility index (Phi) is 5.00. The molecule has 9 heteroatoms. The van der Waals surface area contributed by atoms with E-state index in [1.807, 2.05) is 25.3 Å². The molecule has 0 amide bonds. The van der Waals surface area contributed by atoms with E-state index in [0.29, 0.717) is 28.8 Å². The lowest BCUT2D eigenvalue weighted by atomic mass is 9.78. The molecule has 0 aromatic heterocycles. The molecule has 0 bridgehead atoms. The van der Waals surface area contributed by atoms with Crippen LogP contribution < -0.4 is 14.2 Å². The third-order valence-electron chi connectivity index (χ3n) is 6.51. The van der Waals surface area contributed by atoms with Crippen LogP contribution in [0.3, 0.4) is 0 Å². The number of likely N-dealkylation sites (N-methyl/N-ethyl adjacent to an activating group) is 1. The summed E-state index contributed by atoms with van der Waals surface area (Å²) in [4.78, 5) is 15.3. The molecule has 1 saturated heterocycles. The first-order valence-electron chi connectivity index (χ1n) is 10.1. The maximum atomic E-state index is 13.1. The lowest BCUT2D eigenvalue weighted by Gasteiger charge is -2.44. The number of carbonyl (C=O) groups is 1. The van der Waals surface area contributed by atoms with Gasteiger partial charge in [0, 0.05) is 18.0 Å². The fourth-order valence-electron chi connectivity index (χ4n) is 5.16. The molecule has 0 saturated carbocycles. The predicted octanol–water partition coefficient (Wildman–Crippen LogP) is 2.95. The van der Waals surface area contributed by atoms with Crippen LogP contribution in [0, 0.1) is 11.8 Å². The van der Waals surface area contributed by atoms with Crippen molar-refractivity contribution in [1.29, 1.82) is 0 Å². The number of rotatable bonds is 4. The third-order valence-corrected chi connectivity index (χ3v) is 8.04. The number of alkyl halides is 1. The van der Waals surface area contributed by atoms with Crippen molar-refractivity contribution in [1.82, 2.24) is 4.90 Å². The normalized spacial score (nSPS) is 31.3.